The molecule has 2 aromatic carbocycles. The molecule has 2 rings (SSSR count). The third-order valence-corrected chi connectivity index (χ3v) is 5.59. The van der Waals surface area contributed by atoms with Crippen LogP contribution in [0.2, 0.25) is 0 Å². The van der Waals surface area contributed by atoms with Crippen LogP contribution < -0.4 is 10.0 Å². The quantitative estimate of drug-likeness (QED) is 0.673. The Morgan fingerprint density at radius 3 is 2.31 bits per heavy atom. The Bertz CT molecular complexity index is 966. The van der Waals surface area contributed by atoms with E-state index in [0.29, 0.717) is 0 Å². The van der Waals surface area contributed by atoms with Gasteiger partial charge in [0.05, 0.1) is 16.5 Å². The van der Waals surface area contributed by atoms with Crippen molar-refractivity contribution >= 4 is 21.9 Å². The van der Waals surface area contributed by atoms with Crippen LogP contribution in [0, 0.1) is 0 Å². The highest BCUT2D eigenvalue weighted by molar-refractivity contribution is 7.89. The van der Waals surface area contributed by atoms with E-state index in [0.717, 1.165) is 5.56 Å². The normalized spacial score (nSPS) is 12.8. The highest BCUT2D eigenvalue weighted by Gasteiger charge is 2.23. The van der Waals surface area contributed by atoms with Crippen LogP contribution in [-0.4, -0.2) is 32.4 Å². The van der Waals surface area contributed by atoms with Crippen molar-refractivity contribution in [2.45, 2.75) is 44.2 Å². The Morgan fingerprint density at radius 1 is 1.03 bits per heavy atom. The van der Waals surface area contributed by atoms with E-state index in [4.69, 9.17) is 4.74 Å². The van der Waals surface area contributed by atoms with Crippen molar-refractivity contribution in [3.63, 3.8) is 0 Å². The topological polar surface area (TPSA) is 102 Å². The molecule has 0 unspecified atom stereocenters. The molecule has 0 heterocycles. The second-order valence-electron chi connectivity index (χ2n) is 7.66. The standard InChI is InChI=1S/C21H26N2O5S/c1-15(16-9-6-5-7-10-16)22-19(24)14-28-20(25)17-11-8-12-18(13-17)29(26,27)23-21(2,3)4/h5-13,15,23H,14H2,1-4H3,(H,22,24)/t15-/m1/s1. The number of benzene rings is 2. The molecule has 1 atom stereocenters. The molecule has 8 heteroatoms. The Kier molecular flexibility index (Phi) is 7.16. The van der Waals surface area contributed by atoms with Gasteiger partial charge in [0.2, 0.25) is 10.0 Å². The zero-order valence-electron chi connectivity index (χ0n) is 16.9. The van der Waals surface area contributed by atoms with E-state index in [1.165, 1.54) is 24.3 Å². The Balaban J connectivity index is 1.98. The van der Waals surface area contributed by atoms with Gasteiger partial charge < -0.3 is 10.1 Å². The number of nitrogens with one attached hydrogen (secondary N) is 2. The summed E-state index contributed by atoms with van der Waals surface area (Å²) in [6.45, 7) is 6.52. The van der Waals surface area contributed by atoms with Crippen molar-refractivity contribution in [1.82, 2.24) is 10.0 Å². The summed E-state index contributed by atoms with van der Waals surface area (Å²) >= 11 is 0. The molecule has 1 amide bonds. The van der Waals surface area contributed by atoms with E-state index in [1.807, 2.05) is 37.3 Å². The number of carbonyl (C=O) groups is 2. The van der Waals surface area contributed by atoms with E-state index in [-0.39, 0.29) is 16.5 Å². The molecule has 0 radical (unpaired) electrons. The average Bonchev–Trinajstić information content (AvgIpc) is 2.65. The van der Waals surface area contributed by atoms with Crippen LogP contribution in [0.3, 0.4) is 0 Å². The lowest BCUT2D eigenvalue weighted by Crippen LogP contribution is -2.40. The number of ether oxygens (including phenoxy) is 1. The summed E-state index contributed by atoms with van der Waals surface area (Å²) in [7, 11) is -3.79. The summed E-state index contributed by atoms with van der Waals surface area (Å²) < 4.78 is 32.4. The van der Waals surface area contributed by atoms with Gasteiger partial charge in [0.1, 0.15) is 0 Å². The average molecular weight is 419 g/mol. The van der Waals surface area contributed by atoms with Gasteiger partial charge in [-0.05, 0) is 51.5 Å². The lowest BCUT2D eigenvalue weighted by atomic mass is 10.1. The fraction of sp³-hybridized carbons (Fsp3) is 0.333. The minimum Gasteiger partial charge on any atom is -0.452 e. The molecule has 156 valence electrons. The monoisotopic (exact) mass is 418 g/mol. The maximum atomic E-state index is 12.4. The maximum Gasteiger partial charge on any atom is 0.338 e. The van der Waals surface area contributed by atoms with Crippen molar-refractivity contribution in [2.75, 3.05) is 6.61 Å². The first-order valence-electron chi connectivity index (χ1n) is 9.13. The molecule has 0 aliphatic heterocycles. The number of sulfonamides is 1. The number of rotatable bonds is 7. The van der Waals surface area contributed by atoms with Crippen LogP contribution >= 0.6 is 0 Å². The van der Waals surface area contributed by atoms with E-state index in [9.17, 15) is 18.0 Å². The number of esters is 1. The minimum atomic E-state index is -3.79. The number of carbonyl (C=O) groups excluding carboxylic acids is 2. The van der Waals surface area contributed by atoms with Gasteiger partial charge in [0.15, 0.2) is 6.61 Å². The van der Waals surface area contributed by atoms with Gasteiger partial charge in [0.25, 0.3) is 5.91 Å². The van der Waals surface area contributed by atoms with Crippen molar-refractivity contribution in [2.24, 2.45) is 0 Å². The molecule has 2 N–H and O–H groups in total. The van der Waals surface area contributed by atoms with Crippen molar-refractivity contribution in [1.29, 1.82) is 0 Å². The van der Waals surface area contributed by atoms with E-state index >= 15 is 0 Å². The second kappa shape index (κ2) is 9.19. The third-order valence-electron chi connectivity index (χ3n) is 3.83. The van der Waals surface area contributed by atoms with Crippen LogP contribution in [0.5, 0.6) is 0 Å². The molecule has 0 spiro atoms. The van der Waals surface area contributed by atoms with Gasteiger partial charge in [-0.2, -0.15) is 0 Å². The smallest absolute Gasteiger partial charge is 0.338 e. The molecule has 2 aromatic rings. The summed E-state index contributed by atoms with van der Waals surface area (Å²) in [5, 5.41) is 2.74. The molecule has 7 nitrogen and oxygen atoms in total. The SMILES string of the molecule is C[C@@H](NC(=O)COC(=O)c1cccc(S(=O)(=O)NC(C)(C)C)c1)c1ccccc1. The molecular formula is C21H26N2O5S. The maximum absolute atomic E-state index is 12.4. The van der Waals surface area contributed by atoms with Gasteiger partial charge in [-0.25, -0.2) is 17.9 Å². The van der Waals surface area contributed by atoms with E-state index in [2.05, 4.69) is 10.0 Å². The van der Waals surface area contributed by atoms with Gasteiger partial charge in [-0.1, -0.05) is 36.4 Å². The highest BCUT2D eigenvalue weighted by atomic mass is 32.2. The molecule has 0 aliphatic carbocycles. The largest absolute Gasteiger partial charge is 0.452 e. The van der Waals surface area contributed by atoms with Crippen molar-refractivity contribution < 1.29 is 22.7 Å². The van der Waals surface area contributed by atoms with Crippen LogP contribution in [0.1, 0.15) is 49.7 Å². The number of hydrogen-bond acceptors (Lipinski definition) is 5. The van der Waals surface area contributed by atoms with Gasteiger partial charge in [-0.15, -0.1) is 0 Å². The number of amides is 1. The van der Waals surface area contributed by atoms with Gasteiger partial charge in [-0.3, -0.25) is 4.79 Å². The molecule has 0 fully saturated rings. The molecular weight excluding hydrogens is 392 g/mol. The molecule has 0 saturated carbocycles. The van der Waals surface area contributed by atoms with E-state index in [1.54, 1.807) is 20.8 Å². The van der Waals surface area contributed by atoms with Crippen LogP contribution in [-0.2, 0) is 19.6 Å². The lowest BCUT2D eigenvalue weighted by Gasteiger charge is -2.20. The van der Waals surface area contributed by atoms with Gasteiger partial charge in [0, 0.05) is 5.54 Å². The predicted molar refractivity (Wildman–Crippen MR) is 110 cm³/mol. The first-order chi connectivity index (χ1) is 13.5. The Labute approximate surface area is 171 Å². The molecule has 0 aromatic heterocycles. The summed E-state index contributed by atoms with van der Waals surface area (Å²) in [6, 6.07) is 14.6. The summed E-state index contributed by atoms with van der Waals surface area (Å²) in [4.78, 5) is 24.3. The molecule has 29 heavy (non-hydrogen) atoms. The van der Waals surface area contributed by atoms with Crippen molar-refractivity contribution in [3.8, 4) is 0 Å². The zero-order valence-corrected chi connectivity index (χ0v) is 17.7. The predicted octanol–water partition coefficient (Wildman–Crippen LogP) is 2.80. The zero-order chi connectivity index (χ0) is 21.7. The first-order valence-corrected chi connectivity index (χ1v) is 10.6. The molecule has 0 aliphatic rings. The fourth-order valence-electron chi connectivity index (χ4n) is 2.57. The van der Waals surface area contributed by atoms with Crippen molar-refractivity contribution in [3.05, 3.63) is 65.7 Å². The minimum absolute atomic E-state index is 0.0469. The summed E-state index contributed by atoms with van der Waals surface area (Å²) in [5.41, 5.74) is 0.310. The highest BCUT2D eigenvalue weighted by Crippen LogP contribution is 2.15. The van der Waals surface area contributed by atoms with Crippen LogP contribution in [0.15, 0.2) is 59.5 Å². The first kappa shape index (κ1) is 22.6. The van der Waals surface area contributed by atoms with Gasteiger partial charge >= 0.3 is 5.97 Å². The second-order valence-corrected chi connectivity index (χ2v) is 9.34. The summed E-state index contributed by atoms with van der Waals surface area (Å²) in [5.74, 6) is -1.23. The third kappa shape index (κ3) is 6.99. The Hall–Kier alpha value is -2.71. The molecule has 0 saturated heterocycles. The van der Waals surface area contributed by atoms with Crippen LogP contribution in [0.25, 0.3) is 0 Å². The van der Waals surface area contributed by atoms with Crippen LogP contribution in [0.4, 0.5) is 0 Å². The lowest BCUT2D eigenvalue weighted by molar-refractivity contribution is -0.124. The number of hydrogen-bond donors (Lipinski definition) is 2. The van der Waals surface area contributed by atoms with E-state index < -0.39 is 34.0 Å². The molecule has 0 bridgehead atoms. The fourth-order valence-corrected chi connectivity index (χ4v) is 4.04. The Morgan fingerprint density at radius 2 is 1.69 bits per heavy atom. The summed E-state index contributed by atoms with van der Waals surface area (Å²) in [6.07, 6.45) is 0.